The molecule has 0 saturated heterocycles. The Morgan fingerprint density at radius 2 is 1.85 bits per heavy atom. The van der Waals surface area contributed by atoms with Crippen LogP contribution in [0.4, 0.5) is 42.0 Å². The number of aromatic hydroxyl groups is 1. The van der Waals surface area contributed by atoms with E-state index in [9.17, 15) is 23.1 Å². The molecule has 12 heteroatoms. The van der Waals surface area contributed by atoms with Crippen LogP contribution in [-0.4, -0.2) is 33.1 Å². The monoisotopic (exact) mass is 474 g/mol. The maximum Gasteiger partial charge on any atom is 0.421 e. The summed E-state index contributed by atoms with van der Waals surface area (Å²) in [5, 5.41) is 17.9. The molecule has 0 aliphatic carbocycles. The summed E-state index contributed by atoms with van der Waals surface area (Å²) < 4.78 is 46.0. The molecule has 34 heavy (non-hydrogen) atoms. The number of nitrogens with zero attached hydrogens (tertiary/aromatic N) is 3. The van der Waals surface area contributed by atoms with Gasteiger partial charge < -0.3 is 25.8 Å². The summed E-state index contributed by atoms with van der Waals surface area (Å²) in [6, 6.07) is 6.20. The van der Waals surface area contributed by atoms with Crippen LogP contribution < -0.4 is 20.7 Å². The highest BCUT2D eigenvalue weighted by atomic mass is 19.4. The highest BCUT2D eigenvalue weighted by Gasteiger charge is 2.35. The maximum atomic E-state index is 13.7. The van der Waals surface area contributed by atoms with Crippen LogP contribution in [0.2, 0.25) is 0 Å². The first-order valence-electron chi connectivity index (χ1n) is 9.78. The van der Waals surface area contributed by atoms with E-state index in [0.29, 0.717) is 11.8 Å². The second kappa shape index (κ2) is 9.65. The molecule has 2 aromatic heterocycles. The smallest absolute Gasteiger partial charge is 0.421 e. The third-order valence-electron chi connectivity index (χ3n) is 4.64. The number of carbonyl (C=O) groups excluding carboxylic acids is 1. The van der Waals surface area contributed by atoms with Gasteiger partial charge in [0.1, 0.15) is 11.4 Å². The molecule has 4 N–H and O–H groups in total. The summed E-state index contributed by atoms with van der Waals surface area (Å²) in [4.78, 5) is 23.3. The summed E-state index contributed by atoms with van der Waals surface area (Å²) in [5.41, 5.74) is 0.664. The van der Waals surface area contributed by atoms with Crippen molar-refractivity contribution in [1.82, 2.24) is 15.0 Å². The molecule has 1 amide bonds. The van der Waals surface area contributed by atoms with Gasteiger partial charge in [-0.05, 0) is 37.6 Å². The van der Waals surface area contributed by atoms with Gasteiger partial charge in [-0.3, -0.25) is 4.79 Å². The minimum absolute atomic E-state index is 0.0816. The molecule has 0 spiro atoms. The SMILES string of the molecule is C=CC(=O)Nc1cc(C)ccc1Nc1nc(Nc2cc(OC)nc(O)c2C)ncc1C(F)(F)F. The lowest BCUT2D eigenvalue weighted by Gasteiger charge is -2.18. The molecule has 9 nitrogen and oxygen atoms in total. The lowest BCUT2D eigenvalue weighted by atomic mass is 10.1. The number of halogens is 3. The predicted molar refractivity (Wildman–Crippen MR) is 121 cm³/mol. The zero-order valence-corrected chi connectivity index (χ0v) is 18.4. The van der Waals surface area contributed by atoms with Crippen LogP contribution in [0.3, 0.4) is 0 Å². The van der Waals surface area contributed by atoms with Gasteiger partial charge in [-0.15, -0.1) is 0 Å². The van der Waals surface area contributed by atoms with Crippen molar-refractivity contribution in [2.75, 3.05) is 23.1 Å². The van der Waals surface area contributed by atoms with E-state index in [0.717, 1.165) is 11.6 Å². The van der Waals surface area contributed by atoms with Crippen molar-refractivity contribution >= 4 is 34.7 Å². The lowest BCUT2D eigenvalue weighted by Crippen LogP contribution is -2.14. The molecule has 3 aromatic rings. The van der Waals surface area contributed by atoms with Gasteiger partial charge in [0.15, 0.2) is 0 Å². The highest BCUT2D eigenvalue weighted by molar-refractivity contribution is 6.01. The van der Waals surface area contributed by atoms with E-state index in [2.05, 4.69) is 37.5 Å². The fourth-order valence-corrected chi connectivity index (χ4v) is 2.85. The number of carbonyl (C=O) groups is 1. The number of aryl methyl sites for hydroxylation is 1. The Hall–Kier alpha value is -4.35. The molecule has 1 aromatic carbocycles. The van der Waals surface area contributed by atoms with Crippen LogP contribution >= 0.6 is 0 Å². The van der Waals surface area contributed by atoms with Crippen molar-refractivity contribution in [3.63, 3.8) is 0 Å². The van der Waals surface area contributed by atoms with Crippen molar-refractivity contribution < 1.29 is 27.8 Å². The molecular formula is C22H21F3N6O3. The zero-order chi connectivity index (χ0) is 25.0. The predicted octanol–water partition coefficient (Wildman–Crippen LogP) is 4.83. The number of anilines is 5. The minimum Gasteiger partial charge on any atom is -0.493 e. The van der Waals surface area contributed by atoms with Crippen molar-refractivity contribution in [1.29, 1.82) is 0 Å². The van der Waals surface area contributed by atoms with Crippen molar-refractivity contribution in [2.45, 2.75) is 20.0 Å². The third-order valence-corrected chi connectivity index (χ3v) is 4.64. The molecule has 0 aliphatic heterocycles. The van der Waals surface area contributed by atoms with Crippen LogP contribution in [0.1, 0.15) is 16.7 Å². The number of amides is 1. The first-order valence-corrected chi connectivity index (χ1v) is 9.78. The molecule has 0 saturated carbocycles. The molecular weight excluding hydrogens is 453 g/mol. The number of aromatic nitrogens is 3. The topological polar surface area (TPSA) is 121 Å². The van der Waals surface area contributed by atoms with Gasteiger partial charge in [0.2, 0.25) is 23.6 Å². The van der Waals surface area contributed by atoms with Crippen LogP contribution in [-0.2, 0) is 11.0 Å². The van der Waals surface area contributed by atoms with Gasteiger partial charge in [0.25, 0.3) is 0 Å². The number of nitrogens with one attached hydrogen (secondary N) is 3. The van der Waals surface area contributed by atoms with E-state index in [-0.39, 0.29) is 34.8 Å². The molecule has 2 heterocycles. The number of hydrogen-bond acceptors (Lipinski definition) is 8. The Bertz CT molecular complexity index is 1250. The molecule has 0 atom stereocenters. The quantitative estimate of drug-likeness (QED) is 0.359. The average Bonchev–Trinajstić information content (AvgIpc) is 2.77. The second-order valence-electron chi connectivity index (χ2n) is 7.11. The van der Waals surface area contributed by atoms with Gasteiger partial charge in [0, 0.05) is 17.8 Å². The van der Waals surface area contributed by atoms with E-state index in [1.807, 2.05) is 0 Å². The van der Waals surface area contributed by atoms with Crippen LogP contribution in [0, 0.1) is 13.8 Å². The van der Waals surface area contributed by atoms with E-state index < -0.39 is 23.5 Å². The van der Waals surface area contributed by atoms with Crippen LogP contribution in [0.25, 0.3) is 0 Å². The summed E-state index contributed by atoms with van der Waals surface area (Å²) in [6.07, 6.45) is -3.09. The second-order valence-corrected chi connectivity index (χ2v) is 7.11. The summed E-state index contributed by atoms with van der Waals surface area (Å²) in [7, 11) is 1.35. The van der Waals surface area contributed by atoms with Gasteiger partial charge in [0.05, 0.1) is 24.2 Å². The Labute approximate surface area is 192 Å². The number of hydrogen-bond donors (Lipinski definition) is 4. The Kier molecular flexibility index (Phi) is 6.89. The largest absolute Gasteiger partial charge is 0.493 e. The normalized spacial score (nSPS) is 11.0. The molecule has 3 rings (SSSR count). The summed E-state index contributed by atoms with van der Waals surface area (Å²) in [6.45, 7) is 6.69. The van der Waals surface area contributed by atoms with Crippen LogP contribution in [0.5, 0.6) is 11.8 Å². The molecule has 0 bridgehead atoms. The zero-order valence-electron chi connectivity index (χ0n) is 18.4. The average molecular weight is 474 g/mol. The molecule has 0 fully saturated rings. The highest BCUT2D eigenvalue weighted by Crippen LogP contribution is 2.37. The van der Waals surface area contributed by atoms with Crippen molar-refractivity contribution in [2.24, 2.45) is 0 Å². The molecule has 0 aliphatic rings. The molecule has 0 radical (unpaired) electrons. The minimum atomic E-state index is -4.76. The fraction of sp³-hybridized carbons (Fsp3) is 0.182. The number of rotatable bonds is 7. The Morgan fingerprint density at radius 3 is 2.50 bits per heavy atom. The van der Waals surface area contributed by atoms with E-state index in [1.165, 1.54) is 19.2 Å². The number of benzene rings is 1. The number of ether oxygens (including phenoxy) is 1. The third kappa shape index (κ3) is 5.52. The van der Waals surface area contributed by atoms with Crippen LogP contribution in [0.15, 0.2) is 43.1 Å². The van der Waals surface area contributed by atoms with E-state index in [4.69, 9.17) is 4.74 Å². The van der Waals surface area contributed by atoms with Gasteiger partial charge >= 0.3 is 6.18 Å². The Morgan fingerprint density at radius 1 is 1.12 bits per heavy atom. The lowest BCUT2D eigenvalue weighted by molar-refractivity contribution is -0.137. The molecule has 0 unspecified atom stereocenters. The number of pyridine rings is 1. The van der Waals surface area contributed by atoms with Crippen molar-refractivity contribution in [3.05, 3.63) is 59.8 Å². The van der Waals surface area contributed by atoms with Gasteiger partial charge in [-0.25, -0.2) is 4.98 Å². The Balaban J connectivity index is 2.04. The van der Waals surface area contributed by atoms with Gasteiger partial charge in [-0.1, -0.05) is 12.6 Å². The first-order chi connectivity index (χ1) is 16.0. The molecule has 178 valence electrons. The van der Waals surface area contributed by atoms with Crippen molar-refractivity contribution in [3.8, 4) is 11.8 Å². The maximum absolute atomic E-state index is 13.7. The summed E-state index contributed by atoms with van der Waals surface area (Å²) >= 11 is 0. The fourth-order valence-electron chi connectivity index (χ4n) is 2.85. The standard InChI is InChI=1S/C22H21F3N6O3/c1-5-17(32)27-16-8-11(2)6-7-14(16)28-19-13(22(23,24)25)10-26-21(31-19)29-15-9-18(34-4)30-20(33)12(15)3/h5-10H,1H2,2-4H3,(H,27,32)(H3,26,28,29,30,31,33). The summed E-state index contributed by atoms with van der Waals surface area (Å²) in [5.74, 6) is -1.51. The number of alkyl halides is 3. The van der Waals surface area contributed by atoms with Gasteiger partial charge in [-0.2, -0.15) is 23.1 Å². The number of methoxy groups -OCH3 is 1. The van der Waals surface area contributed by atoms with E-state index >= 15 is 0 Å². The first kappa shape index (κ1) is 24.3. The van der Waals surface area contributed by atoms with E-state index in [1.54, 1.807) is 26.0 Å².